The molecule has 0 heterocycles. The summed E-state index contributed by atoms with van der Waals surface area (Å²) in [5.41, 5.74) is 5.78. The van der Waals surface area contributed by atoms with Crippen molar-refractivity contribution in [3.8, 4) is 11.1 Å². The van der Waals surface area contributed by atoms with Crippen molar-refractivity contribution >= 4 is 5.91 Å². The minimum absolute atomic E-state index is 0.136. The van der Waals surface area contributed by atoms with Gasteiger partial charge in [0.15, 0.2) is 0 Å². The Morgan fingerprint density at radius 2 is 1.83 bits per heavy atom. The lowest BCUT2D eigenvalue weighted by Crippen LogP contribution is -2.30. The molecule has 154 valence electrons. The van der Waals surface area contributed by atoms with Gasteiger partial charge in [-0.05, 0) is 90.3 Å². The van der Waals surface area contributed by atoms with Crippen molar-refractivity contribution in [2.45, 2.75) is 39.3 Å². The Kier molecular flexibility index (Phi) is 5.69. The van der Waals surface area contributed by atoms with Crippen molar-refractivity contribution in [3.05, 3.63) is 94.3 Å². The van der Waals surface area contributed by atoms with E-state index < -0.39 is 0 Å². The van der Waals surface area contributed by atoms with Crippen LogP contribution in [0.2, 0.25) is 0 Å². The van der Waals surface area contributed by atoms with Gasteiger partial charge in [-0.1, -0.05) is 36.4 Å². The second-order valence-corrected chi connectivity index (χ2v) is 8.19. The van der Waals surface area contributed by atoms with Gasteiger partial charge in [0.25, 0.3) is 5.91 Å². The van der Waals surface area contributed by atoms with E-state index in [9.17, 15) is 14.3 Å². The molecule has 2 N–H and O–H groups in total. The molecule has 4 heteroatoms. The van der Waals surface area contributed by atoms with Crippen molar-refractivity contribution < 1.29 is 14.3 Å². The number of rotatable bonds is 6. The summed E-state index contributed by atoms with van der Waals surface area (Å²) < 4.78 is 13.7. The van der Waals surface area contributed by atoms with Crippen molar-refractivity contribution in [2.24, 2.45) is 5.92 Å². The van der Waals surface area contributed by atoms with Crippen LogP contribution >= 0.6 is 0 Å². The van der Waals surface area contributed by atoms with Gasteiger partial charge >= 0.3 is 0 Å². The average molecular weight is 403 g/mol. The van der Waals surface area contributed by atoms with E-state index >= 15 is 0 Å². The molecule has 1 atom stereocenters. The lowest BCUT2D eigenvalue weighted by molar-refractivity contribution is 0.0931. The highest BCUT2D eigenvalue weighted by Crippen LogP contribution is 2.41. The average Bonchev–Trinajstić information content (AvgIpc) is 3.59. The summed E-state index contributed by atoms with van der Waals surface area (Å²) in [7, 11) is 0. The number of aryl methyl sites for hydroxylation is 2. The zero-order chi connectivity index (χ0) is 21.3. The highest BCUT2D eigenvalue weighted by atomic mass is 19.1. The van der Waals surface area contributed by atoms with E-state index in [1.807, 2.05) is 49.4 Å². The predicted molar refractivity (Wildman–Crippen MR) is 117 cm³/mol. The van der Waals surface area contributed by atoms with Gasteiger partial charge in [-0.2, -0.15) is 0 Å². The van der Waals surface area contributed by atoms with Crippen LogP contribution in [0.15, 0.2) is 60.7 Å². The molecule has 30 heavy (non-hydrogen) atoms. The SMILES string of the molecule is Cc1cc([C@@H](NC(=O)c2cc(CO)cc(-c3ccccc3C)c2)C2CC2)ccc1F. The number of aliphatic hydroxyl groups excluding tert-OH is 1. The maximum atomic E-state index is 13.7. The summed E-state index contributed by atoms with van der Waals surface area (Å²) in [6.45, 7) is 3.63. The van der Waals surface area contributed by atoms with E-state index in [-0.39, 0.29) is 24.4 Å². The highest BCUT2D eigenvalue weighted by Gasteiger charge is 2.34. The normalized spacial score (nSPS) is 14.4. The summed E-state index contributed by atoms with van der Waals surface area (Å²) >= 11 is 0. The van der Waals surface area contributed by atoms with Crippen molar-refractivity contribution in [2.75, 3.05) is 0 Å². The van der Waals surface area contributed by atoms with Gasteiger partial charge < -0.3 is 10.4 Å². The van der Waals surface area contributed by atoms with Gasteiger partial charge in [0.1, 0.15) is 5.82 Å². The molecule has 0 saturated heterocycles. The fourth-order valence-electron chi connectivity index (χ4n) is 3.96. The van der Waals surface area contributed by atoms with E-state index in [2.05, 4.69) is 5.32 Å². The molecule has 0 spiro atoms. The van der Waals surface area contributed by atoms with Crippen LogP contribution in [0.1, 0.15) is 51.5 Å². The smallest absolute Gasteiger partial charge is 0.251 e. The molecule has 0 radical (unpaired) electrons. The topological polar surface area (TPSA) is 49.3 Å². The zero-order valence-electron chi connectivity index (χ0n) is 17.3. The molecule has 0 aromatic heterocycles. The lowest BCUT2D eigenvalue weighted by atomic mass is 9.95. The molecule has 1 aliphatic carbocycles. The second kappa shape index (κ2) is 8.41. The number of hydrogen-bond acceptors (Lipinski definition) is 2. The molecule has 0 aliphatic heterocycles. The van der Waals surface area contributed by atoms with Crippen LogP contribution in [-0.2, 0) is 6.61 Å². The number of benzene rings is 3. The van der Waals surface area contributed by atoms with E-state index in [0.717, 1.165) is 35.1 Å². The molecule has 1 saturated carbocycles. The number of nitrogens with one attached hydrogen (secondary N) is 1. The maximum absolute atomic E-state index is 13.7. The minimum Gasteiger partial charge on any atom is -0.392 e. The number of hydrogen-bond donors (Lipinski definition) is 2. The molecule has 1 fully saturated rings. The summed E-state index contributed by atoms with van der Waals surface area (Å²) in [4.78, 5) is 13.2. The first kappa shape index (κ1) is 20.3. The van der Waals surface area contributed by atoms with Crippen molar-refractivity contribution in [1.29, 1.82) is 0 Å². The van der Waals surface area contributed by atoms with E-state index in [1.54, 1.807) is 19.1 Å². The Balaban J connectivity index is 1.65. The number of amides is 1. The van der Waals surface area contributed by atoms with E-state index in [0.29, 0.717) is 22.6 Å². The van der Waals surface area contributed by atoms with Gasteiger partial charge in [-0.3, -0.25) is 4.79 Å². The van der Waals surface area contributed by atoms with Crippen LogP contribution in [0.25, 0.3) is 11.1 Å². The van der Waals surface area contributed by atoms with Crippen molar-refractivity contribution in [1.82, 2.24) is 5.32 Å². The largest absolute Gasteiger partial charge is 0.392 e. The molecular formula is C26H26FNO2. The van der Waals surface area contributed by atoms with Crippen LogP contribution < -0.4 is 5.32 Å². The first-order valence-electron chi connectivity index (χ1n) is 10.3. The molecule has 1 amide bonds. The Labute approximate surface area is 176 Å². The molecule has 3 nitrogen and oxygen atoms in total. The van der Waals surface area contributed by atoms with Gasteiger partial charge in [0.2, 0.25) is 0 Å². The van der Waals surface area contributed by atoms with E-state index in [4.69, 9.17) is 0 Å². The maximum Gasteiger partial charge on any atom is 0.251 e. The molecule has 4 rings (SSSR count). The highest BCUT2D eigenvalue weighted by molar-refractivity contribution is 5.96. The molecule has 3 aromatic rings. The molecular weight excluding hydrogens is 377 g/mol. The fourth-order valence-corrected chi connectivity index (χ4v) is 3.96. The standard InChI is InChI=1S/C26H26FNO2/c1-16-5-3-4-6-23(16)21-12-18(15-29)13-22(14-21)26(30)28-25(19-7-8-19)20-9-10-24(27)17(2)11-20/h3-6,9-14,19,25,29H,7-8,15H2,1-2H3,(H,28,30)/t25-/m0/s1. The monoisotopic (exact) mass is 403 g/mol. The number of halogens is 1. The Bertz CT molecular complexity index is 1090. The van der Waals surface area contributed by atoms with Gasteiger partial charge in [0.05, 0.1) is 12.6 Å². The van der Waals surface area contributed by atoms with Gasteiger partial charge in [-0.25, -0.2) is 4.39 Å². The zero-order valence-corrected chi connectivity index (χ0v) is 17.3. The first-order chi connectivity index (χ1) is 14.5. The first-order valence-corrected chi connectivity index (χ1v) is 10.3. The Hall–Kier alpha value is -2.98. The predicted octanol–water partition coefficient (Wildman–Crippen LogP) is 5.48. The third-order valence-corrected chi connectivity index (χ3v) is 5.81. The van der Waals surface area contributed by atoms with Crippen LogP contribution in [0, 0.1) is 25.6 Å². The summed E-state index contributed by atoms with van der Waals surface area (Å²) in [6.07, 6.45) is 2.10. The lowest BCUT2D eigenvalue weighted by Gasteiger charge is -2.20. The van der Waals surface area contributed by atoms with E-state index in [1.165, 1.54) is 6.07 Å². The second-order valence-electron chi connectivity index (χ2n) is 8.19. The molecule has 0 unspecified atom stereocenters. The van der Waals surface area contributed by atoms with Gasteiger partial charge in [0, 0.05) is 5.56 Å². The minimum atomic E-state index is -0.238. The molecule has 0 bridgehead atoms. The van der Waals surface area contributed by atoms with Crippen LogP contribution in [-0.4, -0.2) is 11.0 Å². The third kappa shape index (κ3) is 4.29. The van der Waals surface area contributed by atoms with Crippen LogP contribution in [0.4, 0.5) is 4.39 Å². The summed E-state index contributed by atoms with van der Waals surface area (Å²) in [5, 5.41) is 12.9. The quantitative estimate of drug-likeness (QED) is 0.572. The number of carbonyl (C=O) groups is 1. The number of aliphatic hydroxyl groups is 1. The van der Waals surface area contributed by atoms with Crippen LogP contribution in [0.5, 0.6) is 0 Å². The van der Waals surface area contributed by atoms with Crippen LogP contribution in [0.3, 0.4) is 0 Å². The third-order valence-electron chi connectivity index (χ3n) is 5.81. The molecule has 1 aliphatic rings. The summed E-state index contributed by atoms with van der Waals surface area (Å²) in [6, 6.07) is 18.4. The number of carbonyl (C=O) groups excluding carboxylic acids is 1. The Morgan fingerprint density at radius 1 is 1.07 bits per heavy atom. The molecule has 3 aromatic carbocycles. The fraction of sp³-hybridized carbons (Fsp3) is 0.269. The Morgan fingerprint density at radius 3 is 2.50 bits per heavy atom. The summed E-state index contributed by atoms with van der Waals surface area (Å²) in [5.74, 6) is -0.0483. The van der Waals surface area contributed by atoms with Crippen molar-refractivity contribution in [3.63, 3.8) is 0 Å². The van der Waals surface area contributed by atoms with Gasteiger partial charge in [-0.15, -0.1) is 0 Å².